The minimum absolute atomic E-state index is 0.318. The highest BCUT2D eigenvalue weighted by Crippen LogP contribution is 2.40. The molecule has 0 atom stereocenters. The standard InChI is InChI=1S/C23H18ClNO3S/c1-14-10-15(2)12-18(11-14)25-22(26)20(16-5-7-17(24)8-6-16)21(23(25)27)29-13-19-4-3-9-28-19/h3-12H,13H2,1-2H3. The number of thioether (sulfide) groups is 1. The zero-order valence-electron chi connectivity index (χ0n) is 15.9. The lowest BCUT2D eigenvalue weighted by Crippen LogP contribution is -2.31. The van der Waals surface area contributed by atoms with E-state index >= 15 is 0 Å². The van der Waals surface area contributed by atoms with E-state index in [0.29, 0.717) is 32.5 Å². The molecule has 3 aromatic rings. The molecule has 1 aromatic heterocycles. The highest BCUT2D eigenvalue weighted by atomic mass is 35.5. The summed E-state index contributed by atoms with van der Waals surface area (Å²) in [5.41, 5.74) is 3.62. The minimum Gasteiger partial charge on any atom is -0.468 e. The smallest absolute Gasteiger partial charge is 0.272 e. The third-order valence-electron chi connectivity index (χ3n) is 4.58. The first kappa shape index (κ1) is 19.6. The number of amides is 2. The highest BCUT2D eigenvalue weighted by Gasteiger charge is 2.40. The number of carbonyl (C=O) groups excluding carboxylic acids is 2. The van der Waals surface area contributed by atoms with Crippen LogP contribution in [0.1, 0.15) is 22.5 Å². The van der Waals surface area contributed by atoms with Crippen molar-refractivity contribution in [2.75, 3.05) is 4.90 Å². The number of nitrogens with zero attached hydrogens (tertiary/aromatic N) is 1. The van der Waals surface area contributed by atoms with Gasteiger partial charge in [-0.25, -0.2) is 4.90 Å². The van der Waals surface area contributed by atoms with Crippen LogP contribution in [-0.2, 0) is 15.3 Å². The van der Waals surface area contributed by atoms with Crippen LogP contribution in [0, 0.1) is 13.8 Å². The fourth-order valence-corrected chi connectivity index (χ4v) is 4.51. The van der Waals surface area contributed by atoms with Gasteiger partial charge in [0.25, 0.3) is 11.8 Å². The first-order valence-corrected chi connectivity index (χ1v) is 10.4. The molecule has 0 radical (unpaired) electrons. The lowest BCUT2D eigenvalue weighted by atomic mass is 10.1. The van der Waals surface area contributed by atoms with Gasteiger partial charge >= 0.3 is 0 Å². The van der Waals surface area contributed by atoms with Crippen LogP contribution in [0.5, 0.6) is 0 Å². The van der Waals surface area contributed by atoms with E-state index in [1.807, 2.05) is 38.1 Å². The maximum absolute atomic E-state index is 13.4. The largest absolute Gasteiger partial charge is 0.468 e. The van der Waals surface area contributed by atoms with Gasteiger partial charge in [0.15, 0.2) is 0 Å². The molecule has 0 aliphatic carbocycles. The molecule has 1 aliphatic rings. The monoisotopic (exact) mass is 423 g/mol. The summed E-state index contributed by atoms with van der Waals surface area (Å²) in [6.07, 6.45) is 1.59. The van der Waals surface area contributed by atoms with Crippen LogP contribution < -0.4 is 4.90 Å². The summed E-state index contributed by atoms with van der Waals surface area (Å²) in [4.78, 5) is 28.4. The Morgan fingerprint density at radius 2 is 1.66 bits per heavy atom. The molecule has 29 heavy (non-hydrogen) atoms. The van der Waals surface area contributed by atoms with Crippen LogP contribution in [-0.4, -0.2) is 11.8 Å². The third-order valence-corrected chi connectivity index (χ3v) is 5.93. The minimum atomic E-state index is -0.329. The quantitative estimate of drug-likeness (QED) is 0.489. The molecule has 2 amide bonds. The molecule has 4 rings (SSSR count). The Balaban J connectivity index is 1.77. The summed E-state index contributed by atoms with van der Waals surface area (Å²) >= 11 is 7.32. The van der Waals surface area contributed by atoms with E-state index in [-0.39, 0.29) is 11.8 Å². The van der Waals surface area contributed by atoms with Crippen molar-refractivity contribution in [3.05, 3.63) is 93.2 Å². The number of anilines is 1. The SMILES string of the molecule is Cc1cc(C)cc(N2C(=O)C(SCc3ccco3)=C(c3ccc(Cl)cc3)C2=O)c1. The van der Waals surface area contributed by atoms with Crippen molar-refractivity contribution in [3.63, 3.8) is 0 Å². The number of benzene rings is 2. The van der Waals surface area contributed by atoms with Crippen molar-refractivity contribution < 1.29 is 14.0 Å². The highest BCUT2D eigenvalue weighted by molar-refractivity contribution is 8.03. The Hall–Kier alpha value is -2.76. The number of hydrogen-bond donors (Lipinski definition) is 0. The number of halogens is 1. The number of imide groups is 1. The first-order valence-electron chi connectivity index (χ1n) is 9.06. The summed E-state index contributed by atoms with van der Waals surface area (Å²) in [6.45, 7) is 3.89. The second-order valence-electron chi connectivity index (χ2n) is 6.87. The maximum Gasteiger partial charge on any atom is 0.272 e. The summed E-state index contributed by atoms with van der Waals surface area (Å²) in [6, 6.07) is 16.3. The van der Waals surface area contributed by atoms with Gasteiger partial charge in [0, 0.05) is 5.02 Å². The fraction of sp³-hybridized carbons (Fsp3) is 0.130. The molecular weight excluding hydrogens is 406 g/mol. The van der Waals surface area contributed by atoms with Crippen molar-refractivity contribution >= 4 is 46.4 Å². The van der Waals surface area contributed by atoms with Gasteiger partial charge in [-0.05, 0) is 66.9 Å². The van der Waals surface area contributed by atoms with Crippen LogP contribution in [0.25, 0.3) is 5.57 Å². The molecule has 0 spiro atoms. The molecular formula is C23H18ClNO3S. The van der Waals surface area contributed by atoms with Gasteiger partial charge in [0.05, 0.1) is 28.2 Å². The molecule has 0 fully saturated rings. The summed E-state index contributed by atoms with van der Waals surface area (Å²) < 4.78 is 5.38. The van der Waals surface area contributed by atoms with E-state index in [4.69, 9.17) is 16.0 Å². The predicted molar refractivity (Wildman–Crippen MR) is 117 cm³/mol. The van der Waals surface area contributed by atoms with Crippen LogP contribution in [0.2, 0.25) is 5.02 Å². The predicted octanol–water partition coefficient (Wildman–Crippen LogP) is 5.77. The van der Waals surface area contributed by atoms with Crippen molar-refractivity contribution in [1.82, 2.24) is 0 Å². The molecule has 2 aromatic carbocycles. The summed E-state index contributed by atoms with van der Waals surface area (Å²) in [7, 11) is 0. The van der Waals surface area contributed by atoms with E-state index < -0.39 is 0 Å². The number of carbonyl (C=O) groups is 2. The normalized spacial score (nSPS) is 14.2. The fourth-order valence-electron chi connectivity index (χ4n) is 3.37. The number of furan rings is 1. The second-order valence-corrected chi connectivity index (χ2v) is 8.29. The van der Waals surface area contributed by atoms with Gasteiger partial charge in [-0.15, -0.1) is 11.8 Å². The van der Waals surface area contributed by atoms with E-state index in [1.54, 1.807) is 36.6 Å². The second kappa shape index (κ2) is 7.93. The summed E-state index contributed by atoms with van der Waals surface area (Å²) in [5, 5.41) is 0.571. The molecule has 2 heterocycles. The van der Waals surface area contributed by atoms with Crippen molar-refractivity contribution in [1.29, 1.82) is 0 Å². The number of aryl methyl sites for hydroxylation is 2. The molecule has 146 valence electrons. The Labute approximate surface area is 178 Å². The maximum atomic E-state index is 13.4. The van der Waals surface area contributed by atoms with E-state index in [1.165, 1.54) is 16.7 Å². The van der Waals surface area contributed by atoms with E-state index in [0.717, 1.165) is 16.9 Å². The van der Waals surface area contributed by atoms with Crippen molar-refractivity contribution in [2.24, 2.45) is 0 Å². The van der Waals surface area contributed by atoms with Crippen LogP contribution in [0.3, 0.4) is 0 Å². The summed E-state index contributed by atoms with van der Waals surface area (Å²) in [5.74, 6) is 0.549. The first-order chi connectivity index (χ1) is 13.9. The molecule has 0 saturated heterocycles. The number of hydrogen-bond acceptors (Lipinski definition) is 4. The van der Waals surface area contributed by atoms with Crippen molar-refractivity contribution in [3.8, 4) is 0 Å². The number of rotatable bonds is 5. The van der Waals surface area contributed by atoms with Gasteiger partial charge in [-0.1, -0.05) is 29.8 Å². The Kier molecular flexibility index (Phi) is 5.35. The topological polar surface area (TPSA) is 50.5 Å². The average molecular weight is 424 g/mol. The lowest BCUT2D eigenvalue weighted by molar-refractivity contribution is -0.119. The van der Waals surface area contributed by atoms with Crippen molar-refractivity contribution in [2.45, 2.75) is 19.6 Å². The molecule has 4 nitrogen and oxygen atoms in total. The van der Waals surface area contributed by atoms with Gasteiger partial charge in [0.1, 0.15) is 5.76 Å². The molecule has 0 saturated carbocycles. The Morgan fingerprint density at radius 3 is 2.28 bits per heavy atom. The molecule has 0 bridgehead atoms. The van der Waals surface area contributed by atoms with Crippen LogP contribution in [0.4, 0.5) is 5.69 Å². The average Bonchev–Trinajstić information content (AvgIpc) is 3.26. The molecule has 1 aliphatic heterocycles. The van der Waals surface area contributed by atoms with Gasteiger partial charge in [0.2, 0.25) is 0 Å². The van der Waals surface area contributed by atoms with Gasteiger partial charge in [-0.3, -0.25) is 9.59 Å². The molecule has 0 unspecified atom stereocenters. The Morgan fingerprint density at radius 1 is 0.966 bits per heavy atom. The molecule has 0 N–H and O–H groups in total. The zero-order valence-corrected chi connectivity index (χ0v) is 17.5. The van der Waals surface area contributed by atoms with Crippen LogP contribution in [0.15, 0.2) is 70.2 Å². The van der Waals surface area contributed by atoms with Gasteiger partial charge in [-0.2, -0.15) is 0 Å². The zero-order chi connectivity index (χ0) is 20.5. The van der Waals surface area contributed by atoms with Crippen LogP contribution >= 0.6 is 23.4 Å². The lowest BCUT2D eigenvalue weighted by Gasteiger charge is -2.16. The Bertz CT molecular complexity index is 1100. The van der Waals surface area contributed by atoms with E-state index in [9.17, 15) is 9.59 Å². The molecule has 6 heteroatoms. The third kappa shape index (κ3) is 3.88. The van der Waals surface area contributed by atoms with E-state index in [2.05, 4.69) is 0 Å². The van der Waals surface area contributed by atoms with Gasteiger partial charge < -0.3 is 4.42 Å².